The van der Waals surface area contributed by atoms with E-state index in [1.807, 2.05) is 0 Å². The van der Waals surface area contributed by atoms with Gasteiger partial charge in [0.05, 0.1) is 25.2 Å². The minimum atomic E-state index is -0.647. The van der Waals surface area contributed by atoms with Gasteiger partial charge in [-0.3, -0.25) is 14.2 Å². The van der Waals surface area contributed by atoms with E-state index >= 15 is 0 Å². The van der Waals surface area contributed by atoms with Crippen LogP contribution in [0.15, 0.2) is 23.0 Å². The summed E-state index contributed by atoms with van der Waals surface area (Å²) in [5.41, 5.74) is 0.720. The fourth-order valence-corrected chi connectivity index (χ4v) is 4.99. The van der Waals surface area contributed by atoms with Gasteiger partial charge in [0, 0.05) is 19.0 Å². The average molecular weight is 457 g/mol. The maximum absolute atomic E-state index is 13.1. The second-order valence-corrected chi connectivity index (χ2v) is 8.60. The van der Waals surface area contributed by atoms with E-state index in [2.05, 4.69) is 4.98 Å². The Kier molecular flexibility index (Phi) is 6.27. The number of methoxy groups -OCH3 is 2. The predicted octanol–water partition coefficient (Wildman–Crippen LogP) is 3.55. The number of hydrogen-bond donors (Lipinski definition) is 0. The molecule has 0 N–H and O–H groups in total. The summed E-state index contributed by atoms with van der Waals surface area (Å²) in [7, 11) is 2.97. The molecule has 0 amide bonds. The summed E-state index contributed by atoms with van der Waals surface area (Å²) in [5.74, 6) is 0.603. The largest absolute Gasteiger partial charge is 0.497 e. The second kappa shape index (κ2) is 9.12. The zero-order valence-corrected chi connectivity index (χ0v) is 19.0. The maximum Gasteiger partial charge on any atom is 0.349 e. The molecular weight excluding hydrogens is 432 g/mol. The van der Waals surface area contributed by atoms with Gasteiger partial charge < -0.3 is 14.2 Å². The number of carbonyl (C=O) groups is 2. The first-order valence-electron chi connectivity index (χ1n) is 10.4. The normalized spacial score (nSPS) is 13.3. The van der Waals surface area contributed by atoms with E-state index < -0.39 is 18.4 Å². The zero-order valence-electron chi connectivity index (χ0n) is 18.2. The number of ether oxygens (including phenoxy) is 3. The Bertz CT molecular complexity index is 1260. The molecule has 1 aliphatic rings. The van der Waals surface area contributed by atoms with Crippen molar-refractivity contribution in [1.29, 1.82) is 0 Å². The van der Waals surface area contributed by atoms with E-state index in [1.54, 1.807) is 29.7 Å². The van der Waals surface area contributed by atoms with Crippen LogP contribution in [-0.2, 0) is 17.7 Å². The Hall–Kier alpha value is -3.20. The summed E-state index contributed by atoms with van der Waals surface area (Å²) in [6.45, 7) is 1.92. The summed E-state index contributed by atoms with van der Waals surface area (Å²) in [6, 6.07) is 4.79. The summed E-state index contributed by atoms with van der Waals surface area (Å²) in [4.78, 5) is 43.9. The number of thiophene rings is 1. The molecule has 9 heteroatoms. The van der Waals surface area contributed by atoms with Crippen molar-refractivity contribution in [2.75, 3.05) is 20.8 Å². The third-order valence-electron chi connectivity index (χ3n) is 5.64. The number of fused-ring (bicyclic) bond motifs is 2. The number of carbonyl (C=O) groups excluding carboxylic acids is 2. The summed E-state index contributed by atoms with van der Waals surface area (Å²) in [5, 5.41) is 0.454. The first-order chi connectivity index (χ1) is 15.4. The molecule has 0 bridgehead atoms. The topological polar surface area (TPSA) is 96.7 Å². The van der Waals surface area contributed by atoms with Gasteiger partial charge in [0.1, 0.15) is 27.0 Å². The molecule has 32 heavy (non-hydrogen) atoms. The van der Waals surface area contributed by atoms with Crippen molar-refractivity contribution in [2.24, 2.45) is 0 Å². The quantitative estimate of drug-likeness (QED) is 0.413. The lowest BCUT2D eigenvalue weighted by molar-refractivity contribution is 0.0478. The highest BCUT2D eigenvalue weighted by Gasteiger charge is 2.24. The molecule has 0 radical (unpaired) electrons. The number of esters is 1. The molecule has 0 saturated heterocycles. The van der Waals surface area contributed by atoms with Crippen LogP contribution < -0.4 is 15.0 Å². The Morgan fingerprint density at radius 1 is 1.16 bits per heavy atom. The van der Waals surface area contributed by atoms with Gasteiger partial charge >= 0.3 is 5.97 Å². The molecule has 0 fully saturated rings. The first kappa shape index (κ1) is 22.0. The lowest BCUT2D eigenvalue weighted by atomic mass is 10.1. The summed E-state index contributed by atoms with van der Waals surface area (Å²) in [6.07, 6.45) is 3.75. The highest BCUT2D eigenvalue weighted by molar-refractivity contribution is 7.20. The number of aryl methyl sites for hydroxylation is 2. The first-order valence-corrected chi connectivity index (χ1v) is 11.2. The molecular formula is C23H24N2O6S. The number of aromatic nitrogens is 2. The van der Waals surface area contributed by atoms with Gasteiger partial charge in [-0.2, -0.15) is 0 Å². The molecule has 4 rings (SSSR count). The van der Waals surface area contributed by atoms with Crippen LogP contribution in [0, 0.1) is 6.92 Å². The van der Waals surface area contributed by atoms with E-state index in [1.165, 1.54) is 14.2 Å². The van der Waals surface area contributed by atoms with Crippen molar-refractivity contribution >= 4 is 33.3 Å². The van der Waals surface area contributed by atoms with Crippen LogP contribution in [0.3, 0.4) is 0 Å². The Morgan fingerprint density at radius 2 is 1.97 bits per heavy atom. The number of hydrogen-bond acceptors (Lipinski definition) is 8. The molecule has 0 saturated carbocycles. The van der Waals surface area contributed by atoms with E-state index in [4.69, 9.17) is 14.2 Å². The smallest absolute Gasteiger partial charge is 0.349 e. The van der Waals surface area contributed by atoms with Crippen molar-refractivity contribution < 1.29 is 23.8 Å². The molecule has 0 aliphatic carbocycles. The number of nitrogens with zero attached hydrogens (tertiary/aromatic N) is 2. The van der Waals surface area contributed by atoms with Gasteiger partial charge in [-0.1, -0.05) is 6.42 Å². The zero-order chi connectivity index (χ0) is 22.8. The highest BCUT2D eigenvalue weighted by atomic mass is 32.1. The van der Waals surface area contributed by atoms with Gasteiger partial charge in [-0.05, 0) is 37.5 Å². The lowest BCUT2D eigenvalue weighted by Gasteiger charge is -2.10. The minimum Gasteiger partial charge on any atom is -0.497 e. The van der Waals surface area contributed by atoms with Crippen molar-refractivity contribution in [1.82, 2.24) is 9.55 Å². The van der Waals surface area contributed by atoms with E-state index in [-0.39, 0.29) is 11.1 Å². The molecule has 2 aromatic heterocycles. The van der Waals surface area contributed by atoms with Crippen molar-refractivity contribution in [3.8, 4) is 11.5 Å². The Balaban J connectivity index is 1.57. The summed E-state index contributed by atoms with van der Waals surface area (Å²) >= 11 is 1.13. The van der Waals surface area contributed by atoms with Crippen LogP contribution in [0.25, 0.3) is 10.2 Å². The van der Waals surface area contributed by atoms with Gasteiger partial charge in [-0.15, -0.1) is 11.3 Å². The maximum atomic E-state index is 13.1. The lowest BCUT2D eigenvalue weighted by Crippen LogP contribution is -2.24. The van der Waals surface area contributed by atoms with E-state index in [9.17, 15) is 14.4 Å². The monoisotopic (exact) mass is 456 g/mol. The van der Waals surface area contributed by atoms with Gasteiger partial charge in [-0.25, -0.2) is 9.78 Å². The number of ketones is 1. The molecule has 1 aromatic carbocycles. The molecule has 3 heterocycles. The SMILES string of the molecule is COc1ccc(C(=O)COC(=O)c2sc3nc4n(c(=O)c3c2C)CCCCC4)c(OC)c1. The molecule has 0 spiro atoms. The second-order valence-electron chi connectivity index (χ2n) is 7.60. The van der Waals surface area contributed by atoms with Crippen LogP contribution >= 0.6 is 11.3 Å². The molecule has 1 aliphatic heterocycles. The van der Waals surface area contributed by atoms with E-state index in [0.29, 0.717) is 38.7 Å². The molecule has 0 atom stereocenters. The number of benzene rings is 1. The van der Waals surface area contributed by atoms with Crippen LogP contribution in [0.5, 0.6) is 11.5 Å². The Morgan fingerprint density at radius 3 is 2.72 bits per heavy atom. The highest BCUT2D eigenvalue weighted by Crippen LogP contribution is 2.29. The third kappa shape index (κ3) is 4.00. The fraction of sp³-hybridized carbons (Fsp3) is 0.391. The third-order valence-corrected chi connectivity index (χ3v) is 6.81. The van der Waals surface area contributed by atoms with Crippen LogP contribution in [-0.4, -0.2) is 42.1 Å². The standard InChI is InChI=1S/C23H24N2O6S/c1-13-19-21(24-18-7-5-4-6-10-25(18)22(19)27)32-20(13)23(28)31-12-16(26)15-9-8-14(29-2)11-17(15)30-3/h8-9,11H,4-7,10,12H2,1-3H3. The number of rotatable bonds is 6. The van der Waals surface area contributed by atoms with Crippen molar-refractivity contribution in [2.45, 2.75) is 39.2 Å². The van der Waals surface area contributed by atoms with Crippen LogP contribution in [0.2, 0.25) is 0 Å². The van der Waals surface area contributed by atoms with Crippen LogP contribution in [0.4, 0.5) is 0 Å². The molecule has 168 valence electrons. The number of Topliss-reactive ketones (excluding diaryl/α,β-unsaturated/α-hetero) is 1. The van der Waals surface area contributed by atoms with Crippen LogP contribution in [0.1, 0.15) is 50.7 Å². The van der Waals surface area contributed by atoms with Crippen molar-refractivity contribution in [3.63, 3.8) is 0 Å². The van der Waals surface area contributed by atoms with Gasteiger partial charge in [0.2, 0.25) is 5.78 Å². The molecule has 8 nitrogen and oxygen atoms in total. The van der Waals surface area contributed by atoms with Gasteiger partial charge in [0.15, 0.2) is 6.61 Å². The predicted molar refractivity (Wildman–Crippen MR) is 120 cm³/mol. The molecule has 3 aromatic rings. The van der Waals surface area contributed by atoms with Crippen molar-refractivity contribution in [3.05, 3.63) is 50.4 Å². The summed E-state index contributed by atoms with van der Waals surface area (Å²) < 4.78 is 17.4. The molecule has 0 unspecified atom stereocenters. The fourth-order valence-electron chi connectivity index (χ4n) is 3.91. The van der Waals surface area contributed by atoms with E-state index in [0.717, 1.165) is 42.8 Å². The Labute approximate surface area is 188 Å². The average Bonchev–Trinajstić information content (AvgIpc) is 2.97. The minimum absolute atomic E-state index is 0.112. The van der Waals surface area contributed by atoms with Gasteiger partial charge in [0.25, 0.3) is 5.56 Å².